The summed E-state index contributed by atoms with van der Waals surface area (Å²) in [6.07, 6.45) is 2.79. The van der Waals surface area contributed by atoms with Gasteiger partial charge < -0.3 is 16.0 Å². The second kappa shape index (κ2) is 4.93. The van der Waals surface area contributed by atoms with E-state index in [-0.39, 0.29) is 11.0 Å². The molecule has 5 nitrogen and oxygen atoms in total. The van der Waals surface area contributed by atoms with Crippen LogP contribution in [0.1, 0.15) is 10.4 Å². The number of halogens is 1. The number of pyridine rings is 1. The van der Waals surface area contributed by atoms with Gasteiger partial charge in [0.05, 0.1) is 11.4 Å². The Kier molecular flexibility index (Phi) is 3.34. The Hall–Kier alpha value is -2.27. The molecule has 0 radical (unpaired) electrons. The van der Waals surface area contributed by atoms with Crippen LogP contribution in [0.5, 0.6) is 0 Å². The number of hydrogen-bond donors (Lipinski definition) is 3. The van der Waals surface area contributed by atoms with Crippen molar-refractivity contribution < 1.29 is 4.79 Å². The van der Waals surface area contributed by atoms with Gasteiger partial charge in [0.2, 0.25) is 0 Å². The molecule has 92 valence electrons. The van der Waals surface area contributed by atoms with E-state index in [0.717, 1.165) is 0 Å². The first-order chi connectivity index (χ1) is 8.58. The highest BCUT2D eigenvalue weighted by molar-refractivity contribution is 6.31. The van der Waals surface area contributed by atoms with Crippen molar-refractivity contribution in [2.24, 2.45) is 0 Å². The third kappa shape index (κ3) is 2.52. The molecule has 6 heteroatoms. The van der Waals surface area contributed by atoms with Crippen LogP contribution >= 0.6 is 11.6 Å². The number of nitrogens with two attached hydrogens (primary N) is 1. The Bertz CT molecular complexity index is 652. The number of carbonyl (C=O) groups excluding carboxylic acids is 1. The summed E-state index contributed by atoms with van der Waals surface area (Å²) in [5, 5.41) is 3.03. The highest BCUT2D eigenvalue weighted by Crippen LogP contribution is 2.22. The van der Waals surface area contributed by atoms with Crippen molar-refractivity contribution in [1.29, 1.82) is 0 Å². The van der Waals surface area contributed by atoms with E-state index in [1.807, 2.05) is 0 Å². The Morgan fingerprint density at radius 1 is 1.33 bits per heavy atom. The Balaban J connectivity index is 2.27. The summed E-state index contributed by atoms with van der Waals surface area (Å²) in [4.78, 5) is 26.0. The maximum Gasteiger partial charge on any atom is 0.261 e. The first kappa shape index (κ1) is 12.2. The number of nitrogen functional groups attached to an aromatic ring is 1. The molecule has 0 bridgehead atoms. The number of hydrogen-bond acceptors (Lipinski definition) is 3. The fourth-order valence-electron chi connectivity index (χ4n) is 1.43. The molecule has 1 amide bonds. The van der Waals surface area contributed by atoms with E-state index in [0.29, 0.717) is 16.4 Å². The molecular formula is C12H10ClN3O2. The number of aromatic amines is 1. The van der Waals surface area contributed by atoms with Gasteiger partial charge in [0, 0.05) is 23.5 Å². The number of rotatable bonds is 2. The maximum atomic E-state index is 11.9. The fraction of sp³-hybridized carbons (Fsp3) is 0. The number of aromatic nitrogens is 1. The van der Waals surface area contributed by atoms with Crippen molar-refractivity contribution in [1.82, 2.24) is 4.98 Å². The van der Waals surface area contributed by atoms with Gasteiger partial charge in [-0.3, -0.25) is 9.59 Å². The van der Waals surface area contributed by atoms with E-state index in [4.69, 9.17) is 17.3 Å². The number of nitrogens with one attached hydrogen (secondary N) is 2. The molecule has 0 fully saturated rings. The number of carbonyl (C=O) groups is 1. The minimum Gasteiger partial charge on any atom is -0.397 e. The highest BCUT2D eigenvalue weighted by Gasteiger charge is 2.11. The highest BCUT2D eigenvalue weighted by atomic mass is 35.5. The molecule has 0 saturated carbocycles. The van der Waals surface area contributed by atoms with Crippen molar-refractivity contribution in [2.75, 3.05) is 11.1 Å². The molecule has 0 aliphatic rings. The van der Waals surface area contributed by atoms with Gasteiger partial charge in [0.25, 0.3) is 5.91 Å². The van der Waals surface area contributed by atoms with Gasteiger partial charge in [-0.05, 0) is 18.2 Å². The molecule has 0 saturated heterocycles. The third-order valence-electron chi connectivity index (χ3n) is 2.33. The molecule has 0 spiro atoms. The predicted octanol–water partition coefficient (Wildman–Crippen LogP) is 1.86. The number of benzene rings is 1. The number of anilines is 2. The van der Waals surface area contributed by atoms with Crippen molar-refractivity contribution in [2.45, 2.75) is 0 Å². The van der Waals surface area contributed by atoms with E-state index in [2.05, 4.69) is 10.3 Å². The lowest BCUT2D eigenvalue weighted by molar-refractivity contribution is 0.102. The van der Waals surface area contributed by atoms with Gasteiger partial charge in [-0.1, -0.05) is 11.6 Å². The summed E-state index contributed by atoms with van der Waals surface area (Å²) in [6.45, 7) is 0. The molecule has 2 aromatic rings. The van der Waals surface area contributed by atoms with Crippen molar-refractivity contribution in [3.8, 4) is 0 Å². The lowest BCUT2D eigenvalue weighted by Gasteiger charge is -2.07. The number of amides is 1. The molecule has 0 aliphatic heterocycles. The van der Waals surface area contributed by atoms with Crippen molar-refractivity contribution in [3.63, 3.8) is 0 Å². The van der Waals surface area contributed by atoms with Crippen LogP contribution in [0.4, 0.5) is 11.4 Å². The molecule has 0 unspecified atom stereocenters. The lowest BCUT2D eigenvalue weighted by Crippen LogP contribution is -2.21. The SMILES string of the molecule is Nc1cc(Cl)ccc1NC(=O)c1c[nH]ccc1=O. The van der Waals surface area contributed by atoms with E-state index in [1.54, 1.807) is 12.1 Å². The quantitative estimate of drug-likeness (QED) is 0.723. The minimum absolute atomic E-state index is 0.0202. The van der Waals surface area contributed by atoms with Crippen LogP contribution in [-0.2, 0) is 0 Å². The summed E-state index contributed by atoms with van der Waals surface area (Å²) in [5.41, 5.74) is 6.10. The van der Waals surface area contributed by atoms with Crippen molar-refractivity contribution in [3.05, 3.63) is 57.5 Å². The van der Waals surface area contributed by atoms with Crippen LogP contribution in [0, 0.1) is 0 Å². The molecule has 0 atom stereocenters. The Morgan fingerprint density at radius 2 is 2.11 bits per heavy atom. The van der Waals surface area contributed by atoms with E-state index in [1.165, 1.54) is 24.5 Å². The molecule has 1 aromatic carbocycles. The molecule has 0 aliphatic carbocycles. The zero-order valence-electron chi connectivity index (χ0n) is 9.24. The Morgan fingerprint density at radius 3 is 2.78 bits per heavy atom. The van der Waals surface area contributed by atoms with E-state index < -0.39 is 5.91 Å². The van der Waals surface area contributed by atoms with Crippen LogP contribution in [0.2, 0.25) is 5.02 Å². The summed E-state index contributed by atoms with van der Waals surface area (Å²) >= 11 is 5.75. The van der Waals surface area contributed by atoms with Gasteiger partial charge in [-0.25, -0.2) is 0 Å². The third-order valence-corrected chi connectivity index (χ3v) is 2.57. The summed E-state index contributed by atoms with van der Waals surface area (Å²) in [6, 6.07) is 5.97. The fourth-order valence-corrected chi connectivity index (χ4v) is 1.61. The first-order valence-corrected chi connectivity index (χ1v) is 5.49. The molecule has 1 heterocycles. The maximum absolute atomic E-state index is 11.9. The van der Waals surface area contributed by atoms with Gasteiger partial charge in [-0.15, -0.1) is 0 Å². The first-order valence-electron chi connectivity index (χ1n) is 5.11. The minimum atomic E-state index is -0.522. The largest absolute Gasteiger partial charge is 0.397 e. The van der Waals surface area contributed by atoms with Gasteiger partial charge in [-0.2, -0.15) is 0 Å². The summed E-state index contributed by atoms with van der Waals surface area (Å²) in [5.74, 6) is -0.522. The molecule has 1 aromatic heterocycles. The smallest absolute Gasteiger partial charge is 0.261 e. The Labute approximate surface area is 108 Å². The normalized spacial score (nSPS) is 10.1. The summed E-state index contributed by atoms with van der Waals surface area (Å²) in [7, 11) is 0. The second-order valence-corrected chi connectivity index (χ2v) is 4.04. The molecule has 4 N–H and O–H groups in total. The van der Waals surface area contributed by atoms with E-state index >= 15 is 0 Å². The standard InChI is InChI=1S/C12H10ClN3O2/c13-7-1-2-10(9(14)5-7)16-12(18)8-6-15-4-3-11(8)17/h1-6H,14H2,(H,15,17)(H,16,18). The lowest BCUT2D eigenvalue weighted by atomic mass is 10.2. The van der Waals surface area contributed by atoms with Crippen LogP contribution in [-0.4, -0.2) is 10.9 Å². The molecule has 2 rings (SSSR count). The van der Waals surface area contributed by atoms with Crippen LogP contribution < -0.4 is 16.5 Å². The second-order valence-electron chi connectivity index (χ2n) is 3.61. The van der Waals surface area contributed by atoms with Gasteiger partial charge in [0.1, 0.15) is 5.56 Å². The van der Waals surface area contributed by atoms with Gasteiger partial charge >= 0.3 is 0 Å². The van der Waals surface area contributed by atoms with Crippen LogP contribution in [0.25, 0.3) is 0 Å². The summed E-state index contributed by atoms with van der Waals surface area (Å²) < 4.78 is 0. The zero-order valence-corrected chi connectivity index (χ0v) is 9.99. The predicted molar refractivity (Wildman–Crippen MR) is 70.9 cm³/mol. The van der Waals surface area contributed by atoms with Gasteiger partial charge in [0.15, 0.2) is 5.43 Å². The van der Waals surface area contributed by atoms with Crippen molar-refractivity contribution >= 4 is 28.9 Å². The average molecular weight is 264 g/mol. The monoisotopic (exact) mass is 263 g/mol. The van der Waals surface area contributed by atoms with Crippen LogP contribution in [0.15, 0.2) is 41.5 Å². The van der Waals surface area contributed by atoms with Crippen LogP contribution in [0.3, 0.4) is 0 Å². The molecule has 18 heavy (non-hydrogen) atoms. The number of H-pyrrole nitrogens is 1. The van der Waals surface area contributed by atoms with E-state index in [9.17, 15) is 9.59 Å². The topological polar surface area (TPSA) is 88.0 Å². The zero-order chi connectivity index (χ0) is 13.1. The molecular weight excluding hydrogens is 254 g/mol. The average Bonchev–Trinajstić information content (AvgIpc) is 2.33.